The molecule has 2 nitrogen and oxygen atoms in total. The van der Waals surface area contributed by atoms with Crippen LogP contribution in [0.3, 0.4) is 0 Å². The van der Waals surface area contributed by atoms with Gasteiger partial charge in [0.15, 0.2) is 0 Å². The zero-order valence-corrected chi connectivity index (χ0v) is 9.36. The Morgan fingerprint density at radius 1 is 1.40 bits per heavy atom. The predicted molar refractivity (Wildman–Crippen MR) is 61.6 cm³/mol. The first kappa shape index (κ1) is 11.5. The number of hydrogen-bond donors (Lipinski definition) is 0. The van der Waals surface area contributed by atoms with Gasteiger partial charge in [-0.25, -0.2) is 4.79 Å². The van der Waals surface area contributed by atoms with Crippen LogP contribution in [0.2, 0.25) is 0 Å². The maximum absolute atomic E-state index is 10.9. The molecule has 2 heteroatoms. The number of methoxy groups -OCH3 is 1. The molecule has 15 heavy (non-hydrogen) atoms. The van der Waals surface area contributed by atoms with Gasteiger partial charge in [0.05, 0.1) is 7.11 Å². The highest BCUT2D eigenvalue weighted by molar-refractivity contribution is 5.86. The average Bonchev–Trinajstić information content (AvgIpc) is 2.26. The zero-order chi connectivity index (χ0) is 11.3. The van der Waals surface area contributed by atoms with Crippen LogP contribution < -0.4 is 0 Å². The molecule has 0 atom stereocenters. The summed E-state index contributed by atoms with van der Waals surface area (Å²) in [5, 5.41) is 0. The van der Waals surface area contributed by atoms with Gasteiger partial charge in [0.1, 0.15) is 0 Å². The van der Waals surface area contributed by atoms with Gasteiger partial charge in [0.2, 0.25) is 0 Å². The number of rotatable bonds is 3. The van der Waals surface area contributed by atoms with E-state index in [-0.39, 0.29) is 5.97 Å². The molecule has 1 aromatic carbocycles. The summed E-state index contributed by atoms with van der Waals surface area (Å²) in [4.78, 5) is 10.9. The van der Waals surface area contributed by atoms with Crippen LogP contribution in [0, 0.1) is 0 Å². The fourth-order valence-electron chi connectivity index (χ4n) is 1.25. The molecule has 0 unspecified atom stereocenters. The molecular formula is C13H16O2. The summed E-state index contributed by atoms with van der Waals surface area (Å²) < 4.78 is 4.52. The number of esters is 1. The van der Waals surface area contributed by atoms with Crippen molar-refractivity contribution in [2.45, 2.75) is 19.8 Å². The highest BCUT2D eigenvalue weighted by atomic mass is 16.5. The van der Waals surface area contributed by atoms with Crippen molar-refractivity contribution in [2.24, 2.45) is 0 Å². The van der Waals surface area contributed by atoms with E-state index in [1.165, 1.54) is 18.7 Å². The van der Waals surface area contributed by atoms with E-state index in [1.54, 1.807) is 6.08 Å². The van der Waals surface area contributed by atoms with E-state index >= 15 is 0 Å². The van der Waals surface area contributed by atoms with E-state index in [0.717, 1.165) is 5.56 Å². The summed E-state index contributed by atoms with van der Waals surface area (Å²) in [6.45, 7) is 4.28. The van der Waals surface area contributed by atoms with Crippen LogP contribution in [0.15, 0.2) is 30.3 Å². The largest absolute Gasteiger partial charge is 0.466 e. The third kappa shape index (κ3) is 3.58. The van der Waals surface area contributed by atoms with Crippen molar-refractivity contribution < 1.29 is 9.53 Å². The molecule has 0 aliphatic rings. The summed E-state index contributed by atoms with van der Waals surface area (Å²) in [5.74, 6) is 0.168. The Morgan fingerprint density at radius 3 is 2.73 bits per heavy atom. The molecular weight excluding hydrogens is 188 g/mol. The molecule has 0 amide bonds. The van der Waals surface area contributed by atoms with Crippen LogP contribution in [0.1, 0.15) is 30.9 Å². The summed E-state index contributed by atoms with van der Waals surface area (Å²) in [6.07, 6.45) is 3.19. The molecule has 0 N–H and O–H groups in total. The fourth-order valence-corrected chi connectivity index (χ4v) is 1.25. The second-order valence-electron chi connectivity index (χ2n) is 3.68. The van der Waals surface area contributed by atoms with Gasteiger partial charge in [-0.1, -0.05) is 38.1 Å². The van der Waals surface area contributed by atoms with Crippen molar-refractivity contribution in [1.29, 1.82) is 0 Å². The summed E-state index contributed by atoms with van der Waals surface area (Å²) >= 11 is 0. The van der Waals surface area contributed by atoms with Crippen molar-refractivity contribution >= 4 is 12.0 Å². The molecule has 1 rings (SSSR count). The quantitative estimate of drug-likeness (QED) is 0.559. The number of ether oxygens (including phenoxy) is 1. The molecule has 0 saturated heterocycles. The molecule has 80 valence electrons. The highest BCUT2D eigenvalue weighted by Gasteiger charge is 1.98. The van der Waals surface area contributed by atoms with Crippen LogP contribution in [0.25, 0.3) is 6.08 Å². The van der Waals surface area contributed by atoms with Gasteiger partial charge in [-0.3, -0.25) is 0 Å². The van der Waals surface area contributed by atoms with Crippen LogP contribution in [0.5, 0.6) is 0 Å². The van der Waals surface area contributed by atoms with Gasteiger partial charge in [-0.2, -0.15) is 0 Å². The minimum atomic E-state index is -0.329. The molecule has 1 aromatic rings. The number of carbonyl (C=O) groups is 1. The number of benzene rings is 1. The Hall–Kier alpha value is -1.57. The summed E-state index contributed by atoms with van der Waals surface area (Å²) in [5.41, 5.74) is 2.29. The van der Waals surface area contributed by atoms with Gasteiger partial charge in [0.25, 0.3) is 0 Å². The highest BCUT2D eigenvalue weighted by Crippen LogP contribution is 2.16. The van der Waals surface area contributed by atoms with Gasteiger partial charge < -0.3 is 4.74 Å². The molecule has 0 aromatic heterocycles. The van der Waals surface area contributed by atoms with Gasteiger partial charge in [-0.15, -0.1) is 0 Å². The minimum absolute atomic E-state index is 0.329. The Morgan fingerprint density at radius 2 is 2.13 bits per heavy atom. The van der Waals surface area contributed by atoms with E-state index < -0.39 is 0 Å². The molecule has 0 radical (unpaired) electrons. The maximum atomic E-state index is 10.9. The molecule has 0 heterocycles. The first-order valence-corrected chi connectivity index (χ1v) is 4.99. The van der Waals surface area contributed by atoms with Gasteiger partial charge in [0, 0.05) is 6.08 Å². The third-order valence-corrected chi connectivity index (χ3v) is 2.19. The number of hydrogen-bond acceptors (Lipinski definition) is 2. The monoisotopic (exact) mass is 204 g/mol. The Labute approximate surface area is 90.6 Å². The van der Waals surface area contributed by atoms with Crippen molar-refractivity contribution in [2.75, 3.05) is 7.11 Å². The SMILES string of the molecule is COC(=O)/C=C\c1cccc(C(C)C)c1. The van der Waals surface area contributed by atoms with Gasteiger partial charge in [-0.05, 0) is 23.1 Å². The molecule has 0 saturated carbocycles. The molecule has 0 bridgehead atoms. The van der Waals surface area contributed by atoms with Crippen LogP contribution in [-0.4, -0.2) is 13.1 Å². The Bertz CT molecular complexity index is 365. The van der Waals surface area contributed by atoms with Crippen molar-refractivity contribution in [1.82, 2.24) is 0 Å². The zero-order valence-electron chi connectivity index (χ0n) is 9.36. The second-order valence-corrected chi connectivity index (χ2v) is 3.68. The Balaban J connectivity index is 2.82. The molecule has 0 spiro atoms. The topological polar surface area (TPSA) is 26.3 Å². The second kappa shape index (κ2) is 5.35. The average molecular weight is 204 g/mol. The van der Waals surface area contributed by atoms with E-state index in [4.69, 9.17) is 0 Å². The first-order valence-electron chi connectivity index (χ1n) is 4.99. The third-order valence-electron chi connectivity index (χ3n) is 2.19. The summed E-state index contributed by atoms with van der Waals surface area (Å²) in [7, 11) is 1.37. The Kier molecular flexibility index (Phi) is 4.10. The standard InChI is InChI=1S/C13H16O2/c1-10(2)12-6-4-5-11(9-12)7-8-13(14)15-3/h4-10H,1-3H3/b8-7-. The summed E-state index contributed by atoms with van der Waals surface area (Å²) in [6, 6.07) is 8.11. The van der Waals surface area contributed by atoms with E-state index in [2.05, 4.69) is 30.7 Å². The molecule has 0 fully saturated rings. The lowest BCUT2D eigenvalue weighted by molar-refractivity contribution is -0.134. The van der Waals surface area contributed by atoms with E-state index in [9.17, 15) is 4.79 Å². The van der Waals surface area contributed by atoms with Crippen LogP contribution >= 0.6 is 0 Å². The number of carbonyl (C=O) groups excluding carboxylic acids is 1. The normalized spacial score (nSPS) is 10.9. The van der Waals surface area contributed by atoms with Crippen LogP contribution in [0.4, 0.5) is 0 Å². The lowest BCUT2D eigenvalue weighted by Gasteiger charge is -2.05. The van der Waals surface area contributed by atoms with Gasteiger partial charge >= 0.3 is 5.97 Å². The van der Waals surface area contributed by atoms with E-state index in [1.807, 2.05) is 12.1 Å². The van der Waals surface area contributed by atoms with Crippen molar-refractivity contribution in [3.8, 4) is 0 Å². The lowest BCUT2D eigenvalue weighted by Crippen LogP contribution is -1.93. The minimum Gasteiger partial charge on any atom is -0.466 e. The first-order chi connectivity index (χ1) is 7.13. The fraction of sp³-hybridized carbons (Fsp3) is 0.308. The maximum Gasteiger partial charge on any atom is 0.330 e. The predicted octanol–water partition coefficient (Wildman–Crippen LogP) is 3.00. The lowest BCUT2D eigenvalue weighted by atomic mass is 10.0. The smallest absolute Gasteiger partial charge is 0.330 e. The van der Waals surface area contributed by atoms with E-state index in [0.29, 0.717) is 5.92 Å². The molecule has 0 aliphatic carbocycles. The molecule has 0 aliphatic heterocycles. The van der Waals surface area contributed by atoms with Crippen molar-refractivity contribution in [3.05, 3.63) is 41.5 Å². The van der Waals surface area contributed by atoms with Crippen molar-refractivity contribution in [3.63, 3.8) is 0 Å². The van der Waals surface area contributed by atoms with Crippen LogP contribution in [-0.2, 0) is 9.53 Å².